The van der Waals surface area contributed by atoms with Crippen molar-refractivity contribution < 1.29 is 43.5 Å². The Morgan fingerprint density at radius 2 is 1.74 bits per heavy atom. The van der Waals surface area contributed by atoms with Gasteiger partial charge in [0, 0.05) is 70.1 Å². The van der Waals surface area contributed by atoms with Crippen molar-refractivity contribution in [3.05, 3.63) is 41.7 Å². The lowest BCUT2D eigenvalue weighted by molar-refractivity contribution is -0.262. The number of esters is 1. The number of benzene rings is 1. The zero-order valence-corrected chi connectivity index (χ0v) is 40.3. The molecule has 3 fully saturated rings. The maximum Gasteiger partial charge on any atom is 0.309 e. The number of carbonyl (C=O) groups excluding carboxylic acids is 1. The Hall–Kier alpha value is -2.03. The number of aromatic nitrogens is 3. The van der Waals surface area contributed by atoms with E-state index in [-0.39, 0.29) is 24.0 Å². The molecule has 0 radical (unpaired) electrons. The SMILES string of the molecule is CO[C@H](c1ccc(N2CCCC2)cc1)[C@@H](CF)n1cc(CCN(C)[C@@H]2C[C@H](O[C@@H]3[C@@H](C)C[C@@H](C)C(=O)O[C@H](I)[C@@](C)(O)[C@H](O)[C@@H](C)N(C)C[C@H](C)C[C@@]3(C)O)O[C@H](C)C2)nn1. The molecule has 4 heterocycles. The molecule has 3 N–H and O–H groups in total. The molecule has 0 aliphatic carbocycles. The van der Waals surface area contributed by atoms with E-state index in [1.807, 2.05) is 73.6 Å². The van der Waals surface area contributed by atoms with Crippen LogP contribution in [0, 0.1) is 17.8 Å². The average molecular weight is 973 g/mol. The summed E-state index contributed by atoms with van der Waals surface area (Å²) in [6.07, 6.45) is 3.81. The van der Waals surface area contributed by atoms with E-state index in [1.165, 1.54) is 25.5 Å². The van der Waals surface area contributed by atoms with Crippen LogP contribution in [0.25, 0.3) is 0 Å². The third-order valence-corrected chi connectivity index (χ3v) is 15.0. The van der Waals surface area contributed by atoms with Gasteiger partial charge in [0.15, 0.2) is 10.4 Å². The quantitative estimate of drug-likeness (QED) is 0.135. The topological polar surface area (TPSA) is 155 Å². The maximum absolute atomic E-state index is 14.7. The van der Waals surface area contributed by atoms with Crippen LogP contribution >= 0.6 is 22.6 Å². The lowest BCUT2D eigenvalue weighted by atomic mass is 9.79. The number of nitrogens with zero attached hydrogens (tertiary/aromatic N) is 6. The second-order valence-corrected chi connectivity index (χ2v) is 20.2. The van der Waals surface area contributed by atoms with E-state index in [0.717, 1.165) is 30.8 Å². The van der Waals surface area contributed by atoms with Crippen LogP contribution in [0.4, 0.5) is 10.1 Å². The summed E-state index contributed by atoms with van der Waals surface area (Å²) >= 11 is 1.88. The van der Waals surface area contributed by atoms with Crippen LogP contribution in [0.2, 0.25) is 0 Å². The summed E-state index contributed by atoms with van der Waals surface area (Å²) in [6.45, 7) is 15.6. The minimum Gasteiger partial charge on any atom is -0.448 e. The first-order valence-electron chi connectivity index (χ1n) is 22.3. The van der Waals surface area contributed by atoms with Gasteiger partial charge in [-0.15, -0.1) is 5.10 Å². The Morgan fingerprint density at radius 1 is 1.07 bits per heavy atom. The van der Waals surface area contributed by atoms with E-state index in [0.29, 0.717) is 38.8 Å². The van der Waals surface area contributed by atoms with Gasteiger partial charge >= 0.3 is 5.97 Å². The summed E-state index contributed by atoms with van der Waals surface area (Å²) < 4.78 is 40.1. The van der Waals surface area contributed by atoms with Crippen LogP contribution in [0.3, 0.4) is 0 Å². The highest BCUT2D eigenvalue weighted by Crippen LogP contribution is 2.37. The fourth-order valence-corrected chi connectivity index (χ4v) is 10.4. The average Bonchev–Trinajstić information content (AvgIpc) is 3.93. The first-order valence-corrected chi connectivity index (χ1v) is 23.5. The van der Waals surface area contributed by atoms with E-state index in [4.69, 9.17) is 18.9 Å². The second-order valence-electron chi connectivity index (χ2n) is 19.0. The van der Waals surface area contributed by atoms with Crippen LogP contribution in [0.1, 0.15) is 110 Å². The fourth-order valence-electron chi connectivity index (χ4n) is 9.82. The first-order chi connectivity index (χ1) is 28.7. The number of likely N-dealkylation sites (N-methyl/N-ethyl adjacent to an activating group) is 2. The molecule has 1 aromatic carbocycles. The molecular weight excluding hydrogens is 898 g/mol. The van der Waals surface area contributed by atoms with E-state index in [1.54, 1.807) is 25.6 Å². The highest BCUT2D eigenvalue weighted by Gasteiger charge is 2.47. The number of rotatable bonds is 12. The smallest absolute Gasteiger partial charge is 0.309 e. The Balaban J connectivity index is 1.24. The first kappa shape index (κ1) is 50.0. The van der Waals surface area contributed by atoms with Crippen molar-refractivity contribution in [1.29, 1.82) is 0 Å². The highest BCUT2D eigenvalue weighted by atomic mass is 127. The predicted octanol–water partition coefficient (Wildman–Crippen LogP) is 5.72. The predicted molar refractivity (Wildman–Crippen MR) is 241 cm³/mol. The number of carbonyl (C=O) groups is 1. The number of aliphatic hydroxyl groups excluding tert-OH is 1. The van der Waals surface area contributed by atoms with E-state index in [9.17, 15) is 24.5 Å². The number of cyclic esters (lactones) is 1. The number of alkyl halides is 2. The van der Waals surface area contributed by atoms with Crippen LogP contribution in [-0.4, -0.2) is 152 Å². The molecule has 16 heteroatoms. The standard InChI is InChI=1S/C45H74FIN6O8/c1-28-24-44(6,56)41(29(2)21-30(3)42(55)61-43(47)45(7,57)40(54)32(5)51(9)26-28)60-38-23-36(22-31(4)59-38)50(8)20-17-34-27-53(49-48-34)37(25-46)39(58-10)33-13-15-35(16-14-33)52-18-11-12-19-52/h13-16,27-32,36-41,43,54,56-57H,11-12,17-26H2,1-10H3/t28-,29+,30-,31-,32-,36+,37-,38+,39-,40-,41-,43+,44-,45+/m1/s1. The summed E-state index contributed by atoms with van der Waals surface area (Å²) in [5, 5.41) is 43.6. The highest BCUT2D eigenvalue weighted by molar-refractivity contribution is 14.1. The second kappa shape index (κ2) is 21.8. The van der Waals surface area contributed by atoms with Crippen molar-refractivity contribution in [1.82, 2.24) is 24.8 Å². The van der Waals surface area contributed by atoms with Crippen LogP contribution in [0.15, 0.2) is 30.5 Å². The molecule has 5 rings (SSSR count). The zero-order valence-electron chi connectivity index (χ0n) is 38.1. The molecule has 2 aromatic rings. The van der Waals surface area contributed by atoms with Crippen molar-refractivity contribution in [2.45, 2.75) is 158 Å². The molecule has 0 amide bonds. The van der Waals surface area contributed by atoms with Gasteiger partial charge in [0.2, 0.25) is 0 Å². The van der Waals surface area contributed by atoms with Gasteiger partial charge in [-0.2, -0.15) is 0 Å². The van der Waals surface area contributed by atoms with Crippen molar-refractivity contribution in [2.75, 3.05) is 59.0 Å². The summed E-state index contributed by atoms with van der Waals surface area (Å²) in [6, 6.07) is 7.19. The van der Waals surface area contributed by atoms with E-state index >= 15 is 0 Å². The molecular formula is C45H74FIN6O8. The van der Waals surface area contributed by atoms with Gasteiger partial charge in [-0.25, -0.2) is 9.07 Å². The molecule has 0 unspecified atom stereocenters. The summed E-state index contributed by atoms with van der Waals surface area (Å²) in [5.41, 5.74) is -0.171. The van der Waals surface area contributed by atoms with Crippen molar-refractivity contribution in [3.63, 3.8) is 0 Å². The molecule has 0 saturated carbocycles. The molecule has 14 nitrogen and oxygen atoms in total. The van der Waals surface area contributed by atoms with Crippen molar-refractivity contribution >= 4 is 34.2 Å². The largest absolute Gasteiger partial charge is 0.448 e. The van der Waals surface area contributed by atoms with Gasteiger partial charge in [-0.3, -0.25) is 4.79 Å². The summed E-state index contributed by atoms with van der Waals surface area (Å²) in [4.78, 5) is 20.0. The lowest BCUT2D eigenvalue weighted by Gasteiger charge is -2.44. The van der Waals surface area contributed by atoms with Gasteiger partial charge in [-0.05, 0) is 126 Å². The van der Waals surface area contributed by atoms with Crippen molar-refractivity contribution in [2.24, 2.45) is 17.8 Å². The number of methoxy groups -OCH3 is 1. The minimum atomic E-state index is -1.69. The van der Waals surface area contributed by atoms with E-state index < -0.39 is 70.6 Å². The van der Waals surface area contributed by atoms with Crippen LogP contribution in [-0.2, 0) is 30.2 Å². The molecule has 3 aliphatic rings. The molecule has 3 aliphatic heterocycles. The maximum atomic E-state index is 14.7. The number of halogens is 2. The number of hydrogen-bond acceptors (Lipinski definition) is 13. The summed E-state index contributed by atoms with van der Waals surface area (Å²) in [7, 11) is 5.55. The molecule has 61 heavy (non-hydrogen) atoms. The third-order valence-electron chi connectivity index (χ3n) is 13.5. The van der Waals surface area contributed by atoms with Crippen LogP contribution in [0.5, 0.6) is 0 Å². The van der Waals surface area contributed by atoms with Gasteiger partial charge in [0.1, 0.15) is 30.5 Å². The lowest BCUT2D eigenvalue weighted by Crippen LogP contribution is -2.57. The van der Waals surface area contributed by atoms with Gasteiger partial charge in [0.05, 0.1) is 29.4 Å². The minimum absolute atomic E-state index is 0.0106. The molecule has 346 valence electrons. The van der Waals surface area contributed by atoms with Crippen LogP contribution < -0.4 is 4.90 Å². The van der Waals surface area contributed by atoms with Gasteiger partial charge in [-0.1, -0.05) is 38.1 Å². The summed E-state index contributed by atoms with van der Waals surface area (Å²) in [5.74, 6) is -1.35. The molecule has 0 bridgehead atoms. The van der Waals surface area contributed by atoms with Gasteiger partial charge in [0.25, 0.3) is 0 Å². The Bertz CT molecular complexity index is 1670. The molecule has 3 saturated heterocycles. The zero-order chi connectivity index (χ0) is 44.8. The monoisotopic (exact) mass is 972 g/mol. The van der Waals surface area contributed by atoms with E-state index in [2.05, 4.69) is 46.2 Å². The Labute approximate surface area is 376 Å². The number of ether oxygens (including phenoxy) is 4. The van der Waals surface area contributed by atoms with Gasteiger partial charge < -0.3 is 49.0 Å². The Kier molecular flexibility index (Phi) is 17.8. The number of hydrogen-bond donors (Lipinski definition) is 3. The number of aliphatic hydroxyl groups is 3. The normalized spacial score (nSPS) is 36.3. The van der Waals surface area contributed by atoms with Crippen molar-refractivity contribution in [3.8, 4) is 0 Å². The molecule has 0 spiro atoms. The Morgan fingerprint density at radius 3 is 2.38 bits per heavy atom. The molecule has 14 atom stereocenters. The molecule has 1 aromatic heterocycles. The number of anilines is 1. The third kappa shape index (κ3) is 12.6. The fraction of sp³-hybridized carbons (Fsp3) is 0.800.